The Hall–Kier alpha value is -3.46. The molecule has 0 N–H and O–H groups in total. The molecule has 234 valence electrons. The van der Waals surface area contributed by atoms with Gasteiger partial charge in [0, 0.05) is 17.3 Å². The minimum absolute atomic E-state index is 0.131. The molecule has 2 aliphatic heterocycles. The maximum absolute atomic E-state index is 12.6. The Morgan fingerprint density at radius 3 is 1.73 bits per heavy atom. The summed E-state index contributed by atoms with van der Waals surface area (Å²) in [6, 6.07) is 11.8. The smallest absolute Gasteiger partial charge is 0.417 e. The summed E-state index contributed by atoms with van der Waals surface area (Å²) in [6.45, 7) is 14.7. The monoisotopic (exact) mass is 664 g/mol. The van der Waals surface area contributed by atoms with Crippen LogP contribution < -0.4 is 0 Å². The molecule has 2 aromatic carbocycles. The van der Waals surface area contributed by atoms with Gasteiger partial charge in [-0.3, -0.25) is 9.59 Å². The highest BCUT2D eigenvalue weighted by molar-refractivity contribution is 9.10. The van der Waals surface area contributed by atoms with Crippen LogP contribution in [0.15, 0.2) is 53.5 Å². The topological polar surface area (TPSA) is 93.2 Å². The molecule has 2 fully saturated rings. The fraction of sp³-hybridized carbons (Fsp3) is 0.486. The van der Waals surface area contributed by atoms with Crippen LogP contribution in [0.4, 0.5) is 9.59 Å². The number of hydrogen-bond acceptors (Lipinski definition) is 6. The molecule has 0 aromatic heterocycles. The van der Waals surface area contributed by atoms with Crippen molar-refractivity contribution in [3.05, 3.63) is 81.3 Å². The minimum Gasteiger partial charge on any atom is -0.443 e. The fourth-order valence-electron chi connectivity index (χ4n) is 6.96. The van der Waals surface area contributed by atoms with Crippen molar-refractivity contribution in [2.45, 2.75) is 96.9 Å². The molecule has 2 heterocycles. The summed E-state index contributed by atoms with van der Waals surface area (Å²) in [7, 11) is 0. The van der Waals surface area contributed by atoms with Crippen LogP contribution in [-0.2, 0) is 38.3 Å². The Morgan fingerprint density at radius 1 is 0.795 bits per heavy atom. The van der Waals surface area contributed by atoms with E-state index in [4.69, 9.17) is 9.47 Å². The largest absolute Gasteiger partial charge is 0.443 e. The number of rotatable bonds is 2. The molecule has 0 bridgehead atoms. The summed E-state index contributed by atoms with van der Waals surface area (Å²) >= 11 is 3.55. The zero-order valence-corrected chi connectivity index (χ0v) is 27.9. The van der Waals surface area contributed by atoms with Gasteiger partial charge in [0.05, 0.1) is 12.1 Å². The van der Waals surface area contributed by atoms with E-state index in [0.717, 1.165) is 40.4 Å². The molecule has 9 heteroatoms. The molecule has 0 radical (unpaired) electrons. The van der Waals surface area contributed by atoms with Crippen molar-refractivity contribution in [2.75, 3.05) is 0 Å². The van der Waals surface area contributed by atoms with Crippen LogP contribution in [0.1, 0.15) is 94.3 Å². The predicted octanol–water partition coefficient (Wildman–Crippen LogP) is 7.63. The number of amides is 4. The molecule has 0 spiro atoms. The van der Waals surface area contributed by atoms with Crippen LogP contribution in [-0.4, -0.2) is 45.0 Å². The number of halogens is 1. The third kappa shape index (κ3) is 6.21. The van der Waals surface area contributed by atoms with Crippen molar-refractivity contribution in [1.82, 2.24) is 9.80 Å². The molecule has 4 aliphatic rings. The van der Waals surface area contributed by atoms with E-state index in [1.807, 2.05) is 45.0 Å². The number of likely N-dealkylation sites (tertiary alicyclic amines) is 2. The van der Waals surface area contributed by atoms with E-state index in [1.165, 1.54) is 20.9 Å². The number of carbonyl (C=O) groups excluding carboxylic acids is 4. The van der Waals surface area contributed by atoms with E-state index in [-0.39, 0.29) is 35.7 Å². The van der Waals surface area contributed by atoms with Crippen LogP contribution in [0.2, 0.25) is 0 Å². The molecule has 4 unspecified atom stereocenters. The molecule has 2 aromatic rings. The quantitative estimate of drug-likeness (QED) is 0.307. The lowest BCUT2D eigenvalue weighted by atomic mass is 9.96. The number of allylic oxidation sites excluding steroid dienone is 1. The number of ether oxygens (including phenoxy) is 2. The van der Waals surface area contributed by atoms with E-state index in [0.29, 0.717) is 12.8 Å². The van der Waals surface area contributed by atoms with Gasteiger partial charge >= 0.3 is 12.2 Å². The van der Waals surface area contributed by atoms with Gasteiger partial charge in [0.25, 0.3) is 0 Å². The lowest BCUT2D eigenvalue weighted by molar-refractivity contribution is -0.129. The predicted molar refractivity (Wildman–Crippen MR) is 170 cm³/mol. The molecule has 2 aliphatic carbocycles. The first-order chi connectivity index (χ1) is 20.6. The summed E-state index contributed by atoms with van der Waals surface area (Å²) in [5.41, 5.74) is 4.55. The summed E-state index contributed by atoms with van der Waals surface area (Å²) in [6.07, 6.45) is 4.03. The second-order valence-electron chi connectivity index (χ2n) is 14.0. The maximum atomic E-state index is 12.6. The lowest BCUT2D eigenvalue weighted by Gasteiger charge is -2.28. The van der Waals surface area contributed by atoms with Crippen LogP contribution >= 0.6 is 15.9 Å². The van der Waals surface area contributed by atoms with Crippen molar-refractivity contribution < 1.29 is 28.7 Å². The van der Waals surface area contributed by atoms with Gasteiger partial charge in [0.1, 0.15) is 11.2 Å². The normalized spacial score (nSPS) is 23.3. The minimum atomic E-state index is -0.614. The molecule has 0 saturated carbocycles. The third-order valence-corrected chi connectivity index (χ3v) is 9.08. The average molecular weight is 666 g/mol. The standard InChI is InChI=1S/C19H23NO3.C16H18BrNO3/c1-5-7-12-8-6-9-13-10-14-11-15(21)20(17(14)16(12)13)18(22)23-19(2,3)4;1-16(2,3)21-15(20)18-12(19)8-10-7-9-5-4-6-11(17)13(9)14(10)18/h5-6,8-9,14,17H,1,7,10-11H2,2-4H3;4-6,10,14H,7-8H2,1-3H3. The Morgan fingerprint density at radius 2 is 1.25 bits per heavy atom. The number of imide groups is 2. The first-order valence-corrected chi connectivity index (χ1v) is 16.0. The van der Waals surface area contributed by atoms with Gasteiger partial charge in [0.2, 0.25) is 11.8 Å². The molecule has 44 heavy (non-hydrogen) atoms. The van der Waals surface area contributed by atoms with Gasteiger partial charge in [-0.05, 0) is 107 Å². The second kappa shape index (κ2) is 11.8. The first-order valence-electron chi connectivity index (χ1n) is 15.2. The molecule has 2 saturated heterocycles. The van der Waals surface area contributed by atoms with Crippen molar-refractivity contribution in [2.24, 2.45) is 11.8 Å². The number of carbonyl (C=O) groups is 4. The van der Waals surface area contributed by atoms with Crippen LogP contribution in [0.25, 0.3) is 0 Å². The first kappa shape index (κ1) is 31.9. The summed E-state index contributed by atoms with van der Waals surface area (Å²) < 4.78 is 11.8. The molecular formula is C35H41BrN2O6. The van der Waals surface area contributed by atoms with E-state index in [2.05, 4.69) is 40.7 Å². The maximum Gasteiger partial charge on any atom is 0.417 e. The SMILES string of the molecule is C=CCc1cccc2c1C1C(CC(=O)N1C(=O)OC(C)(C)C)C2.CC(C)(C)OC(=O)N1C(=O)CC2Cc3cccc(Br)c3C21. The van der Waals surface area contributed by atoms with Crippen molar-refractivity contribution >= 4 is 39.9 Å². The van der Waals surface area contributed by atoms with Crippen LogP contribution in [0, 0.1) is 11.8 Å². The molecule has 6 rings (SSSR count). The van der Waals surface area contributed by atoms with E-state index in [1.54, 1.807) is 20.8 Å². The van der Waals surface area contributed by atoms with Gasteiger partial charge < -0.3 is 9.47 Å². The van der Waals surface area contributed by atoms with Crippen LogP contribution in [0.3, 0.4) is 0 Å². The highest BCUT2D eigenvalue weighted by atomic mass is 79.9. The molecule has 4 amide bonds. The van der Waals surface area contributed by atoms with Gasteiger partial charge in [-0.1, -0.05) is 52.3 Å². The van der Waals surface area contributed by atoms with Crippen LogP contribution in [0.5, 0.6) is 0 Å². The van der Waals surface area contributed by atoms with E-state index >= 15 is 0 Å². The molecule has 8 nitrogen and oxygen atoms in total. The summed E-state index contributed by atoms with van der Waals surface area (Å²) in [5, 5.41) is 0. The van der Waals surface area contributed by atoms with Crippen molar-refractivity contribution in [1.29, 1.82) is 0 Å². The highest BCUT2D eigenvalue weighted by Gasteiger charge is 2.51. The van der Waals surface area contributed by atoms with Gasteiger partial charge in [-0.15, -0.1) is 6.58 Å². The molecule has 4 atom stereocenters. The number of fused-ring (bicyclic) bond motifs is 6. The van der Waals surface area contributed by atoms with Crippen molar-refractivity contribution in [3.8, 4) is 0 Å². The number of benzene rings is 2. The van der Waals surface area contributed by atoms with E-state index < -0.39 is 23.4 Å². The Kier molecular flexibility index (Phi) is 8.57. The highest BCUT2D eigenvalue weighted by Crippen LogP contribution is 2.50. The zero-order chi connectivity index (χ0) is 32.1. The Bertz CT molecular complexity index is 1520. The summed E-state index contributed by atoms with van der Waals surface area (Å²) in [5.74, 6) is 0.0589. The van der Waals surface area contributed by atoms with Gasteiger partial charge in [0.15, 0.2) is 0 Å². The Balaban J connectivity index is 0.000000175. The fourth-order valence-corrected chi connectivity index (χ4v) is 7.61. The van der Waals surface area contributed by atoms with Gasteiger partial charge in [-0.2, -0.15) is 0 Å². The number of nitrogens with zero attached hydrogens (tertiary/aromatic N) is 2. The summed E-state index contributed by atoms with van der Waals surface area (Å²) in [4.78, 5) is 52.3. The van der Waals surface area contributed by atoms with Gasteiger partial charge in [-0.25, -0.2) is 19.4 Å². The second-order valence-corrected chi connectivity index (χ2v) is 14.9. The Labute approximate surface area is 267 Å². The number of hydrogen-bond donors (Lipinski definition) is 0. The lowest BCUT2D eigenvalue weighted by Crippen LogP contribution is -2.39. The third-order valence-electron chi connectivity index (χ3n) is 8.39. The van der Waals surface area contributed by atoms with Crippen molar-refractivity contribution in [3.63, 3.8) is 0 Å². The molecular weight excluding hydrogens is 624 g/mol. The zero-order valence-electron chi connectivity index (χ0n) is 26.3. The van der Waals surface area contributed by atoms with E-state index in [9.17, 15) is 19.2 Å². The average Bonchev–Trinajstić information content (AvgIpc) is 3.59.